The maximum atomic E-state index is 14.2. The van der Waals surface area contributed by atoms with E-state index in [0.29, 0.717) is 68.2 Å². The van der Waals surface area contributed by atoms with Gasteiger partial charge in [-0.05, 0) is 76.9 Å². The van der Waals surface area contributed by atoms with Crippen LogP contribution in [0.2, 0.25) is 0 Å². The zero-order valence-corrected chi connectivity index (χ0v) is 31.4. The van der Waals surface area contributed by atoms with Gasteiger partial charge in [0.25, 0.3) is 0 Å². The molecule has 0 radical (unpaired) electrons. The molecule has 0 bridgehead atoms. The van der Waals surface area contributed by atoms with E-state index in [0.717, 1.165) is 5.56 Å². The molecule has 0 saturated heterocycles. The Morgan fingerprint density at radius 3 is 1.67 bits per heavy atom. The zero-order valence-electron chi connectivity index (χ0n) is 31.4. The van der Waals surface area contributed by atoms with Gasteiger partial charge in [-0.15, -0.1) is 0 Å². The molecule has 0 spiro atoms. The average molecular weight is 745 g/mol. The second-order valence-corrected chi connectivity index (χ2v) is 11.9. The van der Waals surface area contributed by atoms with Crippen LogP contribution < -0.4 is 53.3 Å². The number of fused-ring (bicyclic) bond motifs is 1. The van der Waals surface area contributed by atoms with E-state index in [4.69, 9.17) is 42.6 Å². The number of benzene rings is 4. The van der Waals surface area contributed by atoms with E-state index in [2.05, 4.69) is 10.6 Å². The third kappa shape index (κ3) is 8.12. The highest BCUT2D eigenvalue weighted by Crippen LogP contribution is 2.52. The molecular formula is C40H44N2O12. The molecule has 3 N–H and O–H groups in total. The van der Waals surface area contributed by atoms with Gasteiger partial charge in [-0.2, -0.15) is 0 Å². The Bertz CT molecular complexity index is 1980. The summed E-state index contributed by atoms with van der Waals surface area (Å²) in [6.45, 7) is 0.309. The van der Waals surface area contributed by atoms with Crippen molar-refractivity contribution in [2.24, 2.45) is 0 Å². The fraction of sp³-hybridized carbons (Fsp3) is 0.300. The molecule has 0 aromatic heterocycles. The number of hydrogen-bond acceptors (Lipinski definition) is 12. The van der Waals surface area contributed by atoms with Crippen LogP contribution >= 0.6 is 0 Å². The summed E-state index contributed by atoms with van der Waals surface area (Å²) >= 11 is 0. The Morgan fingerprint density at radius 2 is 1.17 bits per heavy atom. The summed E-state index contributed by atoms with van der Waals surface area (Å²) in [6, 6.07) is 15.3. The smallest absolute Gasteiger partial charge is 0.244 e. The minimum atomic E-state index is -0.882. The number of methoxy groups -OCH3 is 8. The molecular weight excluding hydrogens is 700 g/mol. The van der Waals surface area contributed by atoms with Crippen LogP contribution in [0.3, 0.4) is 0 Å². The van der Waals surface area contributed by atoms with Crippen LogP contribution in [-0.4, -0.2) is 73.8 Å². The van der Waals surface area contributed by atoms with Crippen molar-refractivity contribution in [2.75, 3.05) is 56.9 Å². The number of nitrogens with one attached hydrogen (secondary N) is 2. The van der Waals surface area contributed by atoms with Gasteiger partial charge in [-0.3, -0.25) is 9.59 Å². The predicted octanol–water partition coefficient (Wildman–Crippen LogP) is 5.32. The van der Waals surface area contributed by atoms with Crippen molar-refractivity contribution in [3.63, 3.8) is 0 Å². The molecule has 1 heterocycles. The summed E-state index contributed by atoms with van der Waals surface area (Å²) in [6.07, 6.45) is 2.18. The van der Waals surface area contributed by atoms with Crippen molar-refractivity contribution in [3.8, 4) is 57.5 Å². The lowest BCUT2D eigenvalue weighted by atomic mass is 9.89. The Labute approximate surface area is 313 Å². The first-order valence-electron chi connectivity index (χ1n) is 16.7. The summed E-state index contributed by atoms with van der Waals surface area (Å²) < 4.78 is 50.2. The molecule has 4 aromatic rings. The molecule has 0 fully saturated rings. The summed E-state index contributed by atoms with van der Waals surface area (Å²) in [5, 5.41) is 16.2. The maximum absolute atomic E-state index is 14.2. The Kier molecular flexibility index (Phi) is 12.5. The van der Waals surface area contributed by atoms with Crippen molar-refractivity contribution in [1.82, 2.24) is 10.6 Å². The lowest BCUT2D eigenvalue weighted by molar-refractivity contribution is -0.124. The zero-order chi connectivity index (χ0) is 38.9. The largest absolute Gasteiger partial charge is 0.504 e. The fourth-order valence-electron chi connectivity index (χ4n) is 6.21. The van der Waals surface area contributed by atoms with E-state index in [9.17, 15) is 14.7 Å². The molecule has 0 unspecified atom stereocenters. The average Bonchev–Trinajstić information content (AvgIpc) is 3.59. The van der Waals surface area contributed by atoms with Gasteiger partial charge in [0.2, 0.25) is 23.3 Å². The first kappa shape index (κ1) is 38.8. The number of carbonyl (C=O) groups excluding carboxylic acids is 2. The number of carbonyl (C=O) groups is 2. The Balaban J connectivity index is 1.44. The maximum Gasteiger partial charge on any atom is 0.244 e. The fourth-order valence-corrected chi connectivity index (χ4v) is 6.21. The quantitative estimate of drug-likeness (QED) is 0.127. The van der Waals surface area contributed by atoms with Gasteiger partial charge in [0, 0.05) is 24.7 Å². The minimum Gasteiger partial charge on any atom is -0.504 e. The summed E-state index contributed by atoms with van der Waals surface area (Å²) in [5.74, 6) is 1.98. The lowest BCUT2D eigenvalue weighted by Gasteiger charge is -2.20. The van der Waals surface area contributed by atoms with Crippen molar-refractivity contribution >= 4 is 17.9 Å². The Hall–Kier alpha value is -6.44. The number of aromatic hydroxyl groups is 1. The van der Waals surface area contributed by atoms with Crippen molar-refractivity contribution in [1.29, 1.82) is 0 Å². The van der Waals surface area contributed by atoms with Crippen LogP contribution in [0.1, 0.15) is 39.8 Å². The second-order valence-electron chi connectivity index (χ2n) is 11.9. The molecule has 0 aliphatic carbocycles. The van der Waals surface area contributed by atoms with E-state index in [1.165, 1.54) is 69.0 Å². The highest BCUT2D eigenvalue weighted by atomic mass is 16.5. The number of ether oxygens (including phenoxy) is 9. The van der Waals surface area contributed by atoms with Crippen LogP contribution in [0.4, 0.5) is 0 Å². The van der Waals surface area contributed by atoms with Gasteiger partial charge in [0.05, 0.1) is 56.9 Å². The Morgan fingerprint density at radius 1 is 0.648 bits per heavy atom. The van der Waals surface area contributed by atoms with Crippen LogP contribution in [0, 0.1) is 0 Å². The van der Waals surface area contributed by atoms with Gasteiger partial charge < -0.3 is 58.4 Å². The first-order valence-corrected chi connectivity index (χ1v) is 16.7. The summed E-state index contributed by atoms with van der Waals surface area (Å²) in [5.41, 5.74) is 3.14. The van der Waals surface area contributed by atoms with E-state index in [-0.39, 0.29) is 36.4 Å². The molecule has 5 rings (SSSR count). The molecule has 2 atom stereocenters. The van der Waals surface area contributed by atoms with Crippen molar-refractivity contribution < 1.29 is 57.3 Å². The SMILES string of the molecule is COc1cc([C@@H]2Oc3c(OC)cc(/C=C/C(=O)NCc4cc(OC)c(OC)c(OC)c4)cc3[C@H]2C(=O)NCc2cc(OC)c(OC)c(OC)c2)ccc1O. The lowest BCUT2D eigenvalue weighted by Crippen LogP contribution is -2.31. The molecule has 14 heteroatoms. The van der Waals surface area contributed by atoms with Gasteiger partial charge >= 0.3 is 0 Å². The molecule has 4 aromatic carbocycles. The van der Waals surface area contributed by atoms with E-state index >= 15 is 0 Å². The van der Waals surface area contributed by atoms with E-state index < -0.39 is 12.0 Å². The number of amides is 2. The summed E-state index contributed by atoms with van der Waals surface area (Å²) in [4.78, 5) is 27.2. The third-order valence-electron chi connectivity index (χ3n) is 8.83. The number of hydrogen-bond donors (Lipinski definition) is 3. The number of phenols is 1. The molecule has 14 nitrogen and oxygen atoms in total. The van der Waals surface area contributed by atoms with E-state index in [1.807, 2.05) is 0 Å². The van der Waals surface area contributed by atoms with Crippen molar-refractivity contribution in [3.05, 3.63) is 88.5 Å². The third-order valence-corrected chi connectivity index (χ3v) is 8.83. The topological polar surface area (TPSA) is 162 Å². The van der Waals surface area contributed by atoms with Crippen molar-refractivity contribution in [2.45, 2.75) is 25.1 Å². The van der Waals surface area contributed by atoms with Gasteiger partial charge in [-0.1, -0.05) is 6.07 Å². The normalized spacial score (nSPS) is 14.4. The standard InChI is InChI=1S/C40H44N2O12/c1-46-28-19-25(10-11-27(28)43)36-35(40(45)42-21-24-17-32(50-5)39(53-8)33(18-24)51-6)26-13-22(14-29(47-2)37(26)54-36)9-12-34(44)41-20-23-15-30(48-3)38(52-7)31(16-23)49-4/h9-19,35-36,43H,20-21H2,1-8H3,(H,41,44)(H,42,45)/b12-9+/t35-,36+/m1/s1. The molecule has 1 aliphatic heterocycles. The van der Waals surface area contributed by atoms with Gasteiger partial charge in [-0.25, -0.2) is 0 Å². The predicted molar refractivity (Wildman–Crippen MR) is 199 cm³/mol. The van der Waals surface area contributed by atoms with Gasteiger partial charge in [0.1, 0.15) is 12.0 Å². The van der Waals surface area contributed by atoms with Crippen LogP contribution in [0.25, 0.3) is 6.08 Å². The highest BCUT2D eigenvalue weighted by Gasteiger charge is 2.43. The first-order chi connectivity index (χ1) is 26.1. The number of phenolic OH excluding ortho intramolecular Hbond substituents is 1. The van der Waals surface area contributed by atoms with Crippen LogP contribution in [-0.2, 0) is 22.7 Å². The second kappa shape index (κ2) is 17.4. The van der Waals surface area contributed by atoms with Crippen LogP contribution in [0.15, 0.2) is 60.7 Å². The minimum absolute atomic E-state index is 0.0614. The molecule has 2 amide bonds. The number of rotatable bonds is 16. The summed E-state index contributed by atoms with van der Waals surface area (Å²) in [7, 11) is 12.0. The van der Waals surface area contributed by atoms with Gasteiger partial charge in [0.15, 0.2) is 46.0 Å². The molecule has 54 heavy (non-hydrogen) atoms. The van der Waals surface area contributed by atoms with Crippen LogP contribution in [0.5, 0.6) is 57.5 Å². The molecule has 1 aliphatic rings. The van der Waals surface area contributed by atoms with E-state index in [1.54, 1.807) is 54.6 Å². The molecule has 0 saturated carbocycles. The monoisotopic (exact) mass is 744 g/mol. The molecule has 286 valence electrons. The highest BCUT2D eigenvalue weighted by molar-refractivity contribution is 5.92.